The van der Waals surface area contributed by atoms with Gasteiger partial charge in [0.2, 0.25) is 5.96 Å². The first-order valence-corrected chi connectivity index (χ1v) is 14.5. The standard InChI is InChI=1S/C30H28N6O2S/c1-34-28(37)26-27(36-25-13-6-5-12-24(25)32-30(34)36)33-35(29(26)39(38)22-9-3-2-4-10-22)19-20-14-16-21(17-15-20)23-11-7-8-18-31-23/h2-4,7-11,14-18,24-25H,5-6,12-13,19H2,1H3/t24-,25+,39?/m0/s1. The van der Waals surface area contributed by atoms with Crippen LogP contribution in [0.25, 0.3) is 11.3 Å². The second kappa shape index (κ2) is 9.66. The van der Waals surface area contributed by atoms with E-state index in [1.807, 2.05) is 72.8 Å². The number of anilines is 1. The van der Waals surface area contributed by atoms with Crippen molar-refractivity contribution in [3.63, 3.8) is 0 Å². The van der Waals surface area contributed by atoms with E-state index in [4.69, 9.17) is 10.1 Å². The van der Waals surface area contributed by atoms with Gasteiger partial charge >= 0.3 is 0 Å². The lowest BCUT2D eigenvalue weighted by Gasteiger charge is -2.36. The number of pyridine rings is 1. The molecule has 3 atom stereocenters. The van der Waals surface area contributed by atoms with Crippen LogP contribution in [0.15, 0.2) is 93.9 Å². The first-order valence-electron chi connectivity index (χ1n) is 13.3. The average molecular weight is 537 g/mol. The van der Waals surface area contributed by atoms with Crippen molar-refractivity contribution in [2.45, 2.75) is 54.2 Å². The quantitative estimate of drug-likeness (QED) is 0.344. The number of aliphatic imine (C=N–C) groups is 1. The summed E-state index contributed by atoms with van der Waals surface area (Å²) in [6.45, 7) is 0.384. The molecule has 3 aliphatic rings. The Kier molecular flexibility index (Phi) is 5.97. The molecule has 2 aromatic carbocycles. The van der Waals surface area contributed by atoms with E-state index in [1.165, 1.54) is 0 Å². The molecule has 0 spiro atoms. The summed E-state index contributed by atoms with van der Waals surface area (Å²) in [4.78, 5) is 27.6. The number of amides is 1. The molecule has 4 heterocycles. The number of carbonyl (C=O) groups excluding carboxylic acids is 1. The van der Waals surface area contributed by atoms with Gasteiger partial charge in [0.1, 0.15) is 0 Å². The molecule has 4 aromatic rings. The van der Waals surface area contributed by atoms with Crippen molar-refractivity contribution in [1.29, 1.82) is 0 Å². The first-order chi connectivity index (χ1) is 19.1. The third-order valence-corrected chi connectivity index (χ3v) is 9.30. The summed E-state index contributed by atoms with van der Waals surface area (Å²) in [5.74, 6) is 1.02. The van der Waals surface area contributed by atoms with Gasteiger partial charge in [-0.1, -0.05) is 61.4 Å². The molecule has 0 saturated heterocycles. The van der Waals surface area contributed by atoms with Gasteiger partial charge in [-0.05, 0) is 42.7 Å². The Bertz CT molecular complexity index is 1550. The summed E-state index contributed by atoms with van der Waals surface area (Å²) in [5.41, 5.74) is 3.33. The van der Waals surface area contributed by atoms with Crippen LogP contribution in [0.5, 0.6) is 0 Å². The lowest BCUT2D eigenvalue weighted by Crippen LogP contribution is -2.52. The van der Waals surface area contributed by atoms with Gasteiger partial charge in [0.25, 0.3) is 10.9 Å². The number of hydrogen-bond acceptors (Lipinski definition) is 6. The molecule has 8 nitrogen and oxygen atoms in total. The van der Waals surface area contributed by atoms with Crippen LogP contribution in [0.2, 0.25) is 0 Å². The zero-order valence-electron chi connectivity index (χ0n) is 21.6. The molecule has 1 amide bonds. The Morgan fingerprint density at radius 2 is 1.74 bits per heavy atom. The maximum atomic E-state index is 14.1. The number of guanidine groups is 1. The third-order valence-electron chi connectivity index (χ3n) is 7.84. The zero-order valence-corrected chi connectivity index (χ0v) is 22.4. The summed E-state index contributed by atoms with van der Waals surface area (Å²) in [5, 5.41) is 5.43. The average Bonchev–Trinajstić information content (AvgIpc) is 3.56. The molecule has 1 fully saturated rings. The van der Waals surface area contributed by atoms with Crippen LogP contribution in [-0.2, 0) is 17.7 Å². The number of fused-ring (bicyclic) bond motifs is 5. The van der Waals surface area contributed by atoms with Crippen molar-refractivity contribution in [2.75, 3.05) is 11.9 Å². The molecule has 9 heteroatoms. The van der Waals surface area contributed by atoms with Crippen molar-refractivity contribution < 1.29 is 9.35 Å². The van der Waals surface area contributed by atoms with Gasteiger partial charge in [-0.25, -0.2) is 9.67 Å². The van der Waals surface area contributed by atoms with Gasteiger partial charge in [-0.2, -0.15) is 0 Å². The Morgan fingerprint density at radius 1 is 0.974 bits per heavy atom. The number of carbonyl (C=O) groups is 1. The normalized spacial score (nSPS) is 20.8. The van der Waals surface area contributed by atoms with Crippen LogP contribution >= 0.6 is 0 Å². The molecule has 0 radical (unpaired) electrons. The van der Waals surface area contributed by atoms with Gasteiger partial charge in [0.15, 0.2) is 16.3 Å². The summed E-state index contributed by atoms with van der Waals surface area (Å²) >= 11 is -1.60. The fourth-order valence-corrected chi connectivity index (χ4v) is 7.18. The van der Waals surface area contributed by atoms with E-state index in [0.717, 1.165) is 42.5 Å². The molecule has 1 unspecified atom stereocenters. The smallest absolute Gasteiger partial charge is 0.271 e. The molecule has 0 bridgehead atoms. The van der Waals surface area contributed by atoms with E-state index in [2.05, 4.69) is 9.88 Å². The maximum Gasteiger partial charge on any atom is 0.271 e. The largest absolute Gasteiger partial charge is 0.605 e. The Morgan fingerprint density at radius 3 is 2.51 bits per heavy atom. The molecule has 7 rings (SSSR count). The second-order valence-corrected chi connectivity index (χ2v) is 11.6. The lowest BCUT2D eigenvalue weighted by atomic mass is 9.90. The van der Waals surface area contributed by atoms with Gasteiger partial charge in [0, 0.05) is 30.0 Å². The fraction of sp³-hybridized carbons (Fsp3) is 0.267. The Labute approximate surface area is 230 Å². The van der Waals surface area contributed by atoms with E-state index in [-0.39, 0.29) is 18.0 Å². The number of benzene rings is 2. The maximum absolute atomic E-state index is 14.1. The molecule has 196 valence electrons. The van der Waals surface area contributed by atoms with Gasteiger partial charge < -0.3 is 4.55 Å². The van der Waals surface area contributed by atoms with Crippen LogP contribution in [0.1, 0.15) is 41.6 Å². The van der Waals surface area contributed by atoms with Crippen molar-refractivity contribution >= 4 is 28.9 Å². The van der Waals surface area contributed by atoms with Crippen LogP contribution in [-0.4, -0.2) is 55.2 Å². The number of hydrogen-bond donors (Lipinski definition) is 0. The topological polar surface area (TPSA) is 89.7 Å². The highest BCUT2D eigenvalue weighted by Crippen LogP contribution is 2.42. The summed E-state index contributed by atoms with van der Waals surface area (Å²) in [6, 6.07) is 23.6. The van der Waals surface area contributed by atoms with Crippen molar-refractivity contribution in [1.82, 2.24) is 19.7 Å². The van der Waals surface area contributed by atoms with Gasteiger partial charge in [0.05, 0.1) is 24.3 Å². The summed E-state index contributed by atoms with van der Waals surface area (Å²) in [7, 11) is 1.76. The van der Waals surface area contributed by atoms with E-state index in [0.29, 0.717) is 33.8 Å². The van der Waals surface area contributed by atoms with Crippen LogP contribution in [0, 0.1) is 0 Å². The fourth-order valence-electron chi connectivity index (χ4n) is 5.89. The molecule has 0 N–H and O–H groups in total. The third kappa shape index (κ3) is 4.04. The highest BCUT2D eigenvalue weighted by atomic mass is 32.2. The highest BCUT2D eigenvalue weighted by molar-refractivity contribution is 7.91. The summed E-state index contributed by atoms with van der Waals surface area (Å²) in [6.07, 6.45) is 6.05. The molecule has 1 saturated carbocycles. The molecule has 1 aliphatic carbocycles. The Balaban J connectivity index is 1.33. The number of rotatable bonds is 5. The minimum Gasteiger partial charge on any atom is -0.605 e. The first kappa shape index (κ1) is 24.1. The second-order valence-electron chi connectivity index (χ2n) is 10.2. The molecular weight excluding hydrogens is 508 g/mol. The van der Waals surface area contributed by atoms with E-state index < -0.39 is 11.2 Å². The van der Waals surface area contributed by atoms with Crippen LogP contribution in [0.4, 0.5) is 5.82 Å². The predicted octanol–water partition coefficient (Wildman–Crippen LogP) is 4.73. The van der Waals surface area contributed by atoms with Crippen molar-refractivity contribution in [3.8, 4) is 11.3 Å². The van der Waals surface area contributed by atoms with Crippen LogP contribution < -0.4 is 4.90 Å². The van der Waals surface area contributed by atoms with E-state index >= 15 is 0 Å². The highest BCUT2D eigenvalue weighted by Gasteiger charge is 2.50. The lowest BCUT2D eigenvalue weighted by molar-refractivity contribution is 0.0861. The molecule has 2 aromatic heterocycles. The number of aromatic nitrogens is 3. The minimum atomic E-state index is -1.60. The minimum absolute atomic E-state index is 0.155. The van der Waals surface area contributed by atoms with Crippen LogP contribution in [0.3, 0.4) is 0 Å². The van der Waals surface area contributed by atoms with E-state index in [1.54, 1.807) is 22.8 Å². The number of nitrogens with zero attached hydrogens (tertiary/aromatic N) is 6. The van der Waals surface area contributed by atoms with Crippen molar-refractivity contribution in [3.05, 3.63) is 90.1 Å². The molecule has 2 aliphatic heterocycles. The molecular formula is C30H28N6O2S. The SMILES string of the molecule is CN1C(=O)c2c(nn(Cc3ccc(-c4ccccn4)cc3)c2[S+]([O-])c2ccccc2)N2C1=N[C@H]1CCCC[C@H]12. The Hall–Kier alpha value is -3.95. The zero-order chi connectivity index (χ0) is 26.5. The van der Waals surface area contributed by atoms with E-state index in [9.17, 15) is 9.35 Å². The van der Waals surface area contributed by atoms with Gasteiger partial charge in [-0.15, -0.1) is 5.10 Å². The van der Waals surface area contributed by atoms with Crippen molar-refractivity contribution in [2.24, 2.45) is 4.99 Å². The summed E-state index contributed by atoms with van der Waals surface area (Å²) < 4.78 is 15.8. The molecule has 39 heavy (non-hydrogen) atoms. The van der Waals surface area contributed by atoms with Gasteiger partial charge in [-0.3, -0.25) is 19.6 Å². The monoisotopic (exact) mass is 536 g/mol. The predicted molar refractivity (Wildman–Crippen MR) is 150 cm³/mol.